The second-order valence-electron chi connectivity index (χ2n) is 6.44. The van der Waals surface area contributed by atoms with Crippen molar-refractivity contribution in [3.63, 3.8) is 0 Å². The number of nitrogens with zero attached hydrogens (tertiary/aromatic N) is 3. The van der Waals surface area contributed by atoms with Crippen LogP contribution in [0.25, 0.3) is 11.3 Å². The molecule has 0 spiro atoms. The van der Waals surface area contributed by atoms with E-state index in [-0.39, 0.29) is 11.5 Å². The Kier molecular flexibility index (Phi) is 5.14. The minimum Gasteiger partial charge on any atom is -0.355 e. The van der Waals surface area contributed by atoms with Gasteiger partial charge in [0.25, 0.3) is 5.91 Å². The van der Waals surface area contributed by atoms with Crippen LogP contribution in [0.4, 0.5) is 4.39 Å². The monoisotopic (exact) mass is 410 g/mol. The van der Waals surface area contributed by atoms with Crippen molar-refractivity contribution in [2.45, 2.75) is 6.04 Å². The average molecular weight is 411 g/mol. The Hall–Kier alpha value is -3.45. The van der Waals surface area contributed by atoms with E-state index < -0.39 is 11.9 Å². The summed E-state index contributed by atoms with van der Waals surface area (Å²) in [4.78, 5) is 17.2. The molecule has 0 fully saturated rings. The third-order valence-corrected chi connectivity index (χ3v) is 4.68. The van der Waals surface area contributed by atoms with Gasteiger partial charge in [-0.05, 0) is 29.8 Å². The second kappa shape index (κ2) is 7.89. The Labute approximate surface area is 170 Å². The highest BCUT2D eigenvalue weighted by atomic mass is 35.5. The van der Waals surface area contributed by atoms with E-state index in [0.717, 1.165) is 0 Å². The van der Waals surface area contributed by atoms with Gasteiger partial charge in [0.15, 0.2) is 11.5 Å². The summed E-state index contributed by atoms with van der Waals surface area (Å²) < 4.78 is 20.4. The number of carbonyl (C=O) groups excluding carboxylic acids is 1. The third-order valence-electron chi connectivity index (χ3n) is 4.45. The molecule has 0 bridgehead atoms. The molecule has 29 heavy (non-hydrogen) atoms. The van der Waals surface area contributed by atoms with Crippen molar-refractivity contribution >= 4 is 17.5 Å². The van der Waals surface area contributed by atoms with Gasteiger partial charge in [0.1, 0.15) is 17.7 Å². The number of benzene rings is 2. The van der Waals surface area contributed by atoms with Crippen LogP contribution in [-0.2, 0) is 7.05 Å². The Bertz CT molecular complexity index is 1150. The van der Waals surface area contributed by atoms with Crippen LogP contribution in [0.15, 0.2) is 71.5 Å². The molecule has 4 aromatic rings. The molecule has 2 heterocycles. The van der Waals surface area contributed by atoms with E-state index in [4.69, 9.17) is 16.1 Å². The fourth-order valence-corrected chi connectivity index (χ4v) is 3.16. The summed E-state index contributed by atoms with van der Waals surface area (Å²) in [6, 6.07) is 13.9. The number of hydrogen-bond acceptors (Lipinski definition) is 4. The summed E-state index contributed by atoms with van der Waals surface area (Å²) in [5.41, 5.74) is 1.51. The lowest BCUT2D eigenvalue weighted by Gasteiger charge is -2.18. The fraction of sp³-hybridized carbons (Fsp3) is 0.0952. The van der Waals surface area contributed by atoms with E-state index in [9.17, 15) is 9.18 Å². The molecule has 1 atom stereocenters. The topological polar surface area (TPSA) is 73.0 Å². The van der Waals surface area contributed by atoms with Gasteiger partial charge in [-0.3, -0.25) is 4.79 Å². The highest BCUT2D eigenvalue weighted by Crippen LogP contribution is 2.25. The number of nitrogens with one attached hydrogen (secondary N) is 1. The van der Waals surface area contributed by atoms with Crippen LogP contribution in [0.1, 0.15) is 27.9 Å². The first-order valence-electron chi connectivity index (χ1n) is 8.77. The molecule has 146 valence electrons. The minimum absolute atomic E-state index is 0.112. The number of aryl methyl sites for hydroxylation is 1. The zero-order valence-electron chi connectivity index (χ0n) is 15.3. The smallest absolute Gasteiger partial charge is 0.274 e. The van der Waals surface area contributed by atoms with Crippen LogP contribution in [0, 0.1) is 5.82 Å². The van der Waals surface area contributed by atoms with Gasteiger partial charge in [0.2, 0.25) is 0 Å². The van der Waals surface area contributed by atoms with Gasteiger partial charge in [-0.1, -0.05) is 41.0 Å². The van der Waals surface area contributed by atoms with Gasteiger partial charge in [0.05, 0.1) is 0 Å². The first-order valence-corrected chi connectivity index (χ1v) is 9.15. The maximum Gasteiger partial charge on any atom is 0.274 e. The Morgan fingerprint density at radius 3 is 2.69 bits per heavy atom. The van der Waals surface area contributed by atoms with Crippen LogP contribution in [-0.4, -0.2) is 20.6 Å². The number of hydrogen-bond donors (Lipinski definition) is 1. The van der Waals surface area contributed by atoms with Crippen LogP contribution >= 0.6 is 11.6 Å². The van der Waals surface area contributed by atoms with E-state index in [1.807, 2.05) is 13.1 Å². The molecule has 4 rings (SSSR count). The van der Waals surface area contributed by atoms with Crippen LogP contribution in [0.3, 0.4) is 0 Å². The van der Waals surface area contributed by atoms with E-state index in [1.165, 1.54) is 12.1 Å². The van der Waals surface area contributed by atoms with Crippen molar-refractivity contribution in [2.75, 3.05) is 0 Å². The molecule has 0 radical (unpaired) electrons. The maximum atomic E-state index is 13.4. The fourth-order valence-electron chi connectivity index (χ4n) is 2.97. The SMILES string of the molecule is Cn1ccnc1C(NC(=O)c1cc(-c2cccc(Cl)c2)on1)c1ccc(F)cc1. The van der Waals surface area contributed by atoms with Crippen molar-refractivity contribution in [3.8, 4) is 11.3 Å². The molecule has 6 nitrogen and oxygen atoms in total. The van der Waals surface area contributed by atoms with Crippen LogP contribution in [0.2, 0.25) is 5.02 Å². The Morgan fingerprint density at radius 1 is 1.21 bits per heavy atom. The second-order valence-corrected chi connectivity index (χ2v) is 6.88. The minimum atomic E-state index is -0.589. The number of imidazole rings is 1. The van der Waals surface area contributed by atoms with Crippen molar-refractivity contribution in [3.05, 3.63) is 94.9 Å². The molecular formula is C21H16ClFN4O2. The molecule has 8 heteroatoms. The molecule has 1 amide bonds. The Morgan fingerprint density at radius 2 is 2.00 bits per heavy atom. The van der Waals surface area contributed by atoms with Crippen molar-refractivity contribution in [1.29, 1.82) is 0 Å². The molecule has 0 aliphatic rings. The molecular weight excluding hydrogens is 395 g/mol. The lowest BCUT2D eigenvalue weighted by Crippen LogP contribution is -2.31. The Balaban J connectivity index is 1.62. The summed E-state index contributed by atoms with van der Waals surface area (Å²) in [6.45, 7) is 0. The zero-order valence-corrected chi connectivity index (χ0v) is 16.1. The quantitative estimate of drug-likeness (QED) is 0.529. The zero-order chi connectivity index (χ0) is 20.4. The highest BCUT2D eigenvalue weighted by Gasteiger charge is 2.23. The lowest BCUT2D eigenvalue weighted by atomic mass is 10.1. The summed E-state index contributed by atoms with van der Waals surface area (Å²) in [5.74, 6) is 0.220. The van der Waals surface area contributed by atoms with Gasteiger partial charge < -0.3 is 14.4 Å². The number of aromatic nitrogens is 3. The molecule has 0 saturated carbocycles. The summed E-state index contributed by atoms with van der Waals surface area (Å²) in [7, 11) is 1.82. The van der Waals surface area contributed by atoms with Gasteiger partial charge in [0, 0.05) is 36.1 Å². The van der Waals surface area contributed by atoms with Gasteiger partial charge >= 0.3 is 0 Å². The van der Waals surface area contributed by atoms with E-state index >= 15 is 0 Å². The van der Waals surface area contributed by atoms with Gasteiger partial charge in [-0.2, -0.15) is 0 Å². The molecule has 1 N–H and O–H groups in total. The summed E-state index contributed by atoms with van der Waals surface area (Å²) in [5, 5.41) is 7.32. The van der Waals surface area contributed by atoms with Crippen molar-refractivity contribution in [1.82, 2.24) is 20.0 Å². The van der Waals surface area contributed by atoms with Crippen LogP contribution in [0.5, 0.6) is 0 Å². The van der Waals surface area contributed by atoms with E-state index in [2.05, 4.69) is 15.5 Å². The normalized spacial score (nSPS) is 12.0. The van der Waals surface area contributed by atoms with E-state index in [0.29, 0.717) is 27.7 Å². The standard InChI is InChI=1S/C21H16ClFN4O2/c1-27-10-9-24-20(27)19(13-5-7-16(23)8-6-13)25-21(28)17-12-18(29-26-17)14-3-2-4-15(22)11-14/h2-12,19H,1H3,(H,25,28). The predicted octanol–water partition coefficient (Wildman–Crippen LogP) is 4.39. The average Bonchev–Trinajstić information content (AvgIpc) is 3.36. The van der Waals surface area contributed by atoms with Gasteiger partial charge in [-0.25, -0.2) is 9.37 Å². The maximum absolute atomic E-state index is 13.4. The number of carbonyl (C=O) groups is 1. The highest BCUT2D eigenvalue weighted by molar-refractivity contribution is 6.30. The third kappa shape index (κ3) is 4.05. The summed E-state index contributed by atoms with van der Waals surface area (Å²) >= 11 is 6.01. The van der Waals surface area contributed by atoms with Gasteiger partial charge in [-0.15, -0.1) is 0 Å². The molecule has 0 aliphatic carbocycles. The number of rotatable bonds is 5. The lowest BCUT2D eigenvalue weighted by molar-refractivity contribution is 0.0932. The predicted molar refractivity (Wildman–Crippen MR) is 106 cm³/mol. The van der Waals surface area contributed by atoms with Crippen molar-refractivity contribution < 1.29 is 13.7 Å². The van der Waals surface area contributed by atoms with Crippen LogP contribution < -0.4 is 5.32 Å². The molecule has 1 unspecified atom stereocenters. The molecule has 2 aromatic heterocycles. The first-order chi connectivity index (χ1) is 14.0. The molecule has 0 aliphatic heterocycles. The summed E-state index contributed by atoms with van der Waals surface area (Å²) in [6.07, 6.45) is 3.40. The van der Waals surface area contributed by atoms with Crippen molar-refractivity contribution in [2.24, 2.45) is 7.05 Å². The first kappa shape index (κ1) is 18.9. The number of halogens is 2. The van der Waals surface area contributed by atoms with E-state index in [1.54, 1.807) is 53.4 Å². The molecule has 2 aromatic carbocycles. The number of amides is 1. The molecule has 0 saturated heterocycles. The largest absolute Gasteiger partial charge is 0.355 e.